The average Bonchev–Trinajstić information content (AvgIpc) is 1.66. The van der Waals surface area contributed by atoms with E-state index in [1.807, 2.05) is 21.8 Å². The molecule has 1 aliphatic rings. The Morgan fingerprint density at radius 3 is 2.38 bits per heavy atom. The molecule has 0 bridgehead atoms. The minimum atomic E-state index is 0.810. The lowest BCUT2D eigenvalue weighted by atomic mass is 10.5. The number of rotatable bonds is 2. The first-order valence-electron chi connectivity index (χ1n) is 2.98. The van der Waals surface area contributed by atoms with E-state index in [0.29, 0.717) is 0 Å². The first kappa shape index (κ1) is 6.78. The van der Waals surface area contributed by atoms with E-state index in [-0.39, 0.29) is 0 Å². The molecule has 0 amide bonds. The van der Waals surface area contributed by atoms with Gasteiger partial charge in [-0.05, 0) is 17.4 Å². The Bertz CT molecular complexity index is 62.8. The Morgan fingerprint density at radius 1 is 1.50 bits per heavy atom. The summed E-state index contributed by atoms with van der Waals surface area (Å²) in [5.41, 5.74) is 0. The van der Waals surface area contributed by atoms with Crippen LogP contribution >= 0.6 is 21.8 Å². The van der Waals surface area contributed by atoms with E-state index >= 15 is 0 Å². The third kappa shape index (κ3) is 1.14. The SMILES string of the molecule is CCC1SSN1CC. The fourth-order valence-corrected chi connectivity index (χ4v) is 3.27. The Kier molecular flexibility index (Phi) is 2.53. The minimum Gasteiger partial charge on any atom is -0.228 e. The maximum absolute atomic E-state index is 2.41. The van der Waals surface area contributed by atoms with E-state index in [0.717, 1.165) is 5.37 Å². The van der Waals surface area contributed by atoms with Gasteiger partial charge < -0.3 is 0 Å². The fourth-order valence-electron chi connectivity index (χ4n) is 0.693. The zero-order valence-electron chi connectivity index (χ0n) is 5.26. The summed E-state index contributed by atoms with van der Waals surface area (Å²) in [5, 5.41) is 0.810. The summed E-state index contributed by atoms with van der Waals surface area (Å²) in [6, 6.07) is 0. The summed E-state index contributed by atoms with van der Waals surface area (Å²) in [4.78, 5) is 0. The first-order valence-corrected chi connectivity index (χ1v) is 5.15. The molecule has 0 aromatic carbocycles. The quantitative estimate of drug-likeness (QED) is 0.438. The molecule has 0 aliphatic carbocycles. The lowest BCUT2D eigenvalue weighted by molar-refractivity contribution is 0.452. The molecule has 1 saturated heterocycles. The van der Waals surface area contributed by atoms with Crippen molar-refractivity contribution in [2.24, 2.45) is 0 Å². The van der Waals surface area contributed by atoms with E-state index in [9.17, 15) is 0 Å². The van der Waals surface area contributed by atoms with E-state index < -0.39 is 0 Å². The predicted octanol–water partition coefficient (Wildman–Crippen LogP) is 2.35. The Labute approximate surface area is 58.7 Å². The molecule has 0 aromatic heterocycles. The van der Waals surface area contributed by atoms with Crippen molar-refractivity contribution in [1.29, 1.82) is 0 Å². The van der Waals surface area contributed by atoms with Crippen molar-refractivity contribution in [3.63, 3.8) is 0 Å². The Hall–Kier alpha value is 0.660. The van der Waals surface area contributed by atoms with Gasteiger partial charge in [-0.15, -0.1) is 0 Å². The van der Waals surface area contributed by atoms with Crippen LogP contribution in [0.15, 0.2) is 0 Å². The van der Waals surface area contributed by atoms with Gasteiger partial charge in [-0.1, -0.05) is 24.6 Å². The summed E-state index contributed by atoms with van der Waals surface area (Å²) in [7, 11) is 3.87. The molecule has 1 unspecified atom stereocenters. The molecule has 0 spiro atoms. The largest absolute Gasteiger partial charge is 0.228 e. The summed E-state index contributed by atoms with van der Waals surface area (Å²) >= 11 is 0. The van der Waals surface area contributed by atoms with Gasteiger partial charge in [0.25, 0.3) is 0 Å². The highest BCUT2D eigenvalue weighted by molar-refractivity contribution is 8.78. The van der Waals surface area contributed by atoms with Gasteiger partial charge in [0.05, 0.1) is 5.37 Å². The predicted molar refractivity (Wildman–Crippen MR) is 41.6 cm³/mol. The van der Waals surface area contributed by atoms with Crippen LogP contribution in [-0.4, -0.2) is 16.2 Å². The summed E-state index contributed by atoms with van der Waals surface area (Å²) in [6.45, 7) is 5.63. The second-order valence-corrected chi connectivity index (χ2v) is 4.15. The van der Waals surface area contributed by atoms with Crippen molar-refractivity contribution in [3.05, 3.63) is 0 Å². The van der Waals surface area contributed by atoms with Crippen LogP contribution in [0.25, 0.3) is 0 Å². The molecule has 0 radical (unpaired) electrons. The average molecular weight is 149 g/mol. The van der Waals surface area contributed by atoms with E-state index in [4.69, 9.17) is 0 Å². The zero-order chi connectivity index (χ0) is 5.98. The third-order valence-corrected chi connectivity index (χ3v) is 4.46. The molecule has 3 heteroatoms. The van der Waals surface area contributed by atoms with Crippen LogP contribution in [0.5, 0.6) is 0 Å². The van der Waals surface area contributed by atoms with Gasteiger partial charge in [0.15, 0.2) is 0 Å². The van der Waals surface area contributed by atoms with Gasteiger partial charge in [0.1, 0.15) is 0 Å². The van der Waals surface area contributed by atoms with Crippen molar-refractivity contribution >= 4 is 21.8 Å². The summed E-state index contributed by atoms with van der Waals surface area (Å²) in [6.07, 6.45) is 1.28. The molecule has 1 aliphatic heterocycles. The van der Waals surface area contributed by atoms with Gasteiger partial charge in [0.2, 0.25) is 0 Å². The van der Waals surface area contributed by atoms with Gasteiger partial charge in [-0.25, -0.2) is 4.31 Å². The third-order valence-electron chi connectivity index (χ3n) is 1.23. The molecule has 0 N–H and O–H groups in total. The topological polar surface area (TPSA) is 3.24 Å². The lowest BCUT2D eigenvalue weighted by Gasteiger charge is -2.36. The number of nitrogens with zero attached hydrogens (tertiary/aromatic N) is 1. The molecule has 1 atom stereocenters. The van der Waals surface area contributed by atoms with Crippen LogP contribution in [0.2, 0.25) is 0 Å². The van der Waals surface area contributed by atoms with Crippen molar-refractivity contribution < 1.29 is 0 Å². The molecule has 1 heterocycles. The highest BCUT2D eigenvalue weighted by Crippen LogP contribution is 2.46. The number of hydrogen-bond acceptors (Lipinski definition) is 3. The fraction of sp³-hybridized carbons (Fsp3) is 1.00. The summed E-state index contributed by atoms with van der Waals surface area (Å²) in [5.74, 6) is 0. The Morgan fingerprint density at radius 2 is 2.25 bits per heavy atom. The highest BCUT2D eigenvalue weighted by Gasteiger charge is 2.26. The molecule has 1 fully saturated rings. The van der Waals surface area contributed by atoms with Crippen molar-refractivity contribution in [2.45, 2.75) is 25.6 Å². The lowest BCUT2D eigenvalue weighted by Crippen LogP contribution is -2.31. The molecule has 0 saturated carbocycles. The molecular formula is C5H11NS2. The smallest absolute Gasteiger partial charge is 0.0776 e. The van der Waals surface area contributed by atoms with E-state index in [1.165, 1.54) is 13.0 Å². The van der Waals surface area contributed by atoms with E-state index in [1.54, 1.807) is 0 Å². The minimum absolute atomic E-state index is 0.810. The van der Waals surface area contributed by atoms with Gasteiger partial charge in [-0.2, -0.15) is 0 Å². The molecular weight excluding hydrogens is 138 g/mol. The normalized spacial score (nSPS) is 30.0. The molecule has 1 nitrogen and oxygen atoms in total. The van der Waals surface area contributed by atoms with Crippen LogP contribution in [0, 0.1) is 0 Å². The zero-order valence-corrected chi connectivity index (χ0v) is 6.89. The summed E-state index contributed by atoms with van der Waals surface area (Å²) < 4.78 is 2.41. The highest BCUT2D eigenvalue weighted by atomic mass is 33.1. The molecule has 8 heavy (non-hydrogen) atoms. The first-order chi connectivity index (χ1) is 3.88. The second-order valence-electron chi connectivity index (χ2n) is 1.77. The molecule has 1 rings (SSSR count). The second kappa shape index (κ2) is 2.99. The van der Waals surface area contributed by atoms with Gasteiger partial charge in [0, 0.05) is 6.54 Å². The van der Waals surface area contributed by atoms with E-state index in [2.05, 4.69) is 18.2 Å². The van der Waals surface area contributed by atoms with Crippen LogP contribution < -0.4 is 0 Å². The maximum Gasteiger partial charge on any atom is 0.0776 e. The van der Waals surface area contributed by atoms with Gasteiger partial charge >= 0.3 is 0 Å². The standard InChI is InChI=1S/C5H11NS2/c1-3-5-6(4-2)8-7-5/h5H,3-4H2,1-2H3. The Balaban J connectivity index is 2.16. The number of hydrogen-bond donors (Lipinski definition) is 0. The van der Waals surface area contributed by atoms with Crippen molar-refractivity contribution in [2.75, 3.05) is 6.54 Å². The van der Waals surface area contributed by atoms with Crippen LogP contribution in [0.1, 0.15) is 20.3 Å². The monoisotopic (exact) mass is 149 g/mol. The van der Waals surface area contributed by atoms with Crippen LogP contribution in [-0.2, 0) is 0 Å². The van der Waals surface area contributed by atoms with Crippen LogP contribution in [0.3, 0.4) is 0 Å². The molecule has 48 valence electrons. The van der Waals surface area contributed by atoms with Crippen molar-refractivity contribution in [3.8, 4) is 0 Å². The maximum atomic E-state index is 2.41. The van der Waals surface area contributed by atoms with Gasteiger partial charge in [-0.3, -0.25) is 0 Å². The van der Waals surface area contributed by atoms with Crippen LogP contribution in [0.4, 0.5) is 0 Å². The molecule has 0 aromatic rings. The van der Waals surface area contributed by atoms with Crippen molar-refractivity contribution in [1.82, 2.24) is 4.31 Å².